The average Bonchev–Trinajstić information content (AvgIpc) is 2.59. The van der Waals surface area contributed by atoms with Gasteiger partial charge in [-0.15, -0.1) is 0 Å². The van der Waals surface area contributed by atoms with Gasteiger partial charge in [-0.25, -0.2) is 9.97 Å². The van der Waals surface area contributed by atoms with Gasteiger partial charge in [-0.3, -0.25) is 10.1 Å². The normalized spacial score (nSPS) is 10.2. The number of nitro groups is 1. The summed E-state index contributed by atoms with van der Waals surface area (Å²) in [4.78, 5) is 18.9. The SMILES string of the molecule is COCCCNc1ncnc(Nc2ccc(OC)cc2)c1[N+](=O)[O-]. The summed E-state index contributed by atoms with van der Waals surface area (Å²) >= 11 is 0. The molecule has 0 spiro atoms. The quantitative estimate of drug-likeness (QED) is 0.409. The molecule has 0 aliphatic carbocycles. The van der Waals surface area contributed by atoms with Crippen molar-refractivity contribution >= 4 is 23.0 Å². The van der Waals surface area contributed by atoms with Crippen molar-refractivity contribution in [2.75, 3.05) is 38.0 Å². The van der Waals surface area contributed by atoms with Crippen molar-refractivity contribution in [2.45, 2.75) is 6.42 Å². The van der Waals surface area contributed by atoms with Crippen LogP contribution in [-0.4, -0.2) is 42.3 Å². The van der Waals surface area contributed by atoms with E-state index in [2.05, 4.69) is 20.6 Å². The van der Waals surface area contributed by atoms with Crippen LogP contribution in [0.2, 0.25) is 0 Å². The number of ether oxygens (including phenoxy) is 2. The highest BCUT2D eigenvalue weighted by Gasteiger charge is 2.22. The van der Waals surface area contributed by atoms with Crippen LogP contribution in [0.5, 0.6) is 5.75 Å². The first-order chi connectivity index (χ1) is 11.7. The molecule has 0 amide bonds. The average molecular weight is 333 g/mol. The number of nitrogens with one attached hydrogen (secondary N) is 2. The molecule has 0 atom stereocenters. The molecule has 9 heteroatoms. The summed E-state index contributed by atoms with van der Waals surface area (Å²) in [7, 11) is 3.17. The Labute approximate surface area is 139 Å². The van der Waals surface area contributed by atoms with Crippen molar-refractivity contribution in [1.82, 2.24) is 9.97 Å². The van der Waals surface area contributed by atoms with E-state index in [1.165, 1.54) is 6.33 Å². The molecule has 0 radical (unpaired) electrons. The van der Waals surface area contributed by atoms with Crippen LogP contribution in [-0.2, 0) is 4.74 Å². The third-order valence-electron chi connectivity index (χ3n) is 3.18. The smallest absolute Gasteiger partial charge is 0.353 e. The first-order valence-electron chi connectivity index (χ1n) is 7.29. The largest absolute Gasteiger partial charge is 0.497 e. The summed E-state index contributed by atoms with van der Waals surface area (Å²) in [6.07, 6.45) is 1.98. The number of rotatable bonds is 9. The number of hydrogen-bond acceptors (Lipinski definition) is 8. The van der Waals surface area contributed by atoms with Crippen molar-refractivity contribution in [3.63, 3.8) is 0 Å². The second-order valence-electron chi connectivity index (χ2n) is 4.80. The minimum atomic E-state index is -0.509. The first kappa shape index (κ1) is 17.4. The van der Waals surface area contributed by atoms with Crippen LogP contribution in [0.1, 0.15) is 6.42 Å². The number of methoxy groups -OCH3 is 2. The van der Waals surface area contributed by atoms with Crippen LogP contribution in [0.4, 0.5) is 23.0 Å². The third-order valence-corrected chi connectivity index (χ3v) is 3.18. The lowest BCUT2D eigenvalue weighted by Gasteiger charge is -2.10. The number of nitrogens with zero attached hydrogens (tertiary/aromatic N) is 3. The number of hydrogen-bond donors (Lipinski definition) is 2. The van der Waals surface area contributed by atoms with Gasteiger partial charge >= 0.3 is 5.69 Å². The van der Waals surface area contributed by atoms with Gasteiger partial charge in [0.15, 0.2) is 0 Å². The molecule has 0 aliphatic heterocycles. The van der Waals surface area contributed by atoms with E-state index in [0.29, 0.717) is 31.0 Å². The van der Waals surface area contributed by atoms with Crippen molar-refractivity contribution < 1.29 is 14.4 Å². The summed E-state index contributed by atoms with van der Waals surface area (Å²) in [5.41, 5.74) is 0.452. The van der Waals surface area contributed by atoms with Crippen molar-refractivity contribution in [1.29, 1.82) is 0 Å². The Morgan fingerprint density at radius 3 is 2.50 bits per heavy atom. The van der Waals surface area contributed by atoms with Crippen molar-refractivity contribution in [3.8, 4) is 5.75 Å². The van der Waals surface area contributed by atoms with E-state index in [-0.39, 0.29) is 17.3 Å². The molecule has 1 aromatic heterocycles. The van der Waals surface area contributed by atoms with Gasteiger partial charge in [-0.05, 0) is 30.7 Å². The van der Waals surface area contributed by atoms with Crippen LogP contribution < -0.4 is 15.4 Å². The van der Waals surface area contributed by atoms with Crippen LogP contribution in [0, 0.1) is 10.1 Å². The third kappa shape index (κ3) is 4.53. The standard InChI is InChI=1S/C15H19N5O4/c1-23-9-3-8-16-14-13(20(21)22)15(18-10-17-14)19-11-4-6-12(24-2)7-5-11/h4-7,10H,3,8-9H2,1-2H3,(H2,16,17,18,19). The Kier molecular flexibility index (Phi) is 6.26. The maximum absolute atomic E-state index is 11.4. The van der Waals surface area contributed by atoms with Crippen LogP contribution in [0.15, 0.2) is 30.6 Å². The van der Waals surface area contributed by atoms with Gasteiger partial charge in [0.1, 0.15) is 12.1 Å². The summed E-state index contributed by atoms with van der Waals surface area (Å²) < 4.78 is 10.0. The van der Waals surface area contributed by atoms with E-state index in [0.717, 1.165) is 0 Å². The van der Waals surface area contributed by atoms with Gasteiger partial charge in [0.25, 0.3) is 0 Å². The zero-order chi connectivity index (χ0) is 17.4. The first-order valence-corrected chi connectivity index (χ1v) is 7.29. The maximum Gasteiger partial charge on any atom is 0.353 e. The van der Waals surface area contributed by atoms with Gasteiger partial charge in [0.2, 0.25) is 11.6 Å². The maximum atomic E-state index is 11.4. The summed E-state index contributed by atoms with van der Waals surface area (Å²) in [6.45, 7) is 1.07. The minimum absolute atomic E-state index is 0.120. The van der Waals surface area contributed by atoms with Crippen LogP contribution in [0.3, 0.4) is 0 Å². The molecule has 0 fully saturated rings. The zero-order valence-electron chi connectivity index (χ0n) is 13.5. The summed E-state index contributed by atoms with van der Waals surface area (Å²) in [5, 5.41) is 17.3. The lowest BCUT2D eigenvalue weighted by Crippen LogP contribution is -2.10. The molecule has 0 aliphatic rings. The second kappa shape index (κ2) is 8.63. The molecule has 128 valence electrons. The Balaban J connectivity index is 2.20. The van der Waals surface area contributed by atoms with Gasteiger partial charge < -0.3 is 20.1 Å². The Morgan fingerprint density at radius 2 is 1.88 bits per heavy atom. The van der Waals surface area contributed by atoms with E-state index >= 15 is 0 Å². The van der Waals surface area contributed by atoms with Crippen molar-refractivity contribution in [3.05, 3.63) is 40.7 Å². The van der Waals surface area contributed by atoms with E-state index < -0.39 is 4.92 Å². The zero-order valence-corrected chi connectivity index (χ0v) is 13.5. The highest BCUT2D eigenvalue weighted by molar-refractivity contribution is 5.73. The highest BCUT2D eigenvalue weighted by Crippen LogP contribution is 2.31. The Bertz CT molecular complexity index is 678. The lowest BCUT2D eigenvalue weighted by molar-refractivity contribution is -0.383. The fourth-order valence-corrected chi connectivity index (χ4v) is 2.01. The number of aromatic nitrogens is 2. The molecule has 0 unspecified atom stereocenters. The predicted molar refractivity (Wildman–Crippen MR) is 89.9 cm³/mol. The number of anilines is 3. The molecule has 2 aromatic rings. The molecule has 9 nitrogen and oxygen atoms in total. The van der Waals surface area contributed by atoms with E-state index in [4.69, 9.17) is 9.47 Å². The summed E-state index contributed by atoms with van der Waals surface area (Å²) in [5.74, 6) is 0.981. The molecular weight excluding hydrogens is 314 g/mol. The van der Waals surface area contributed by atoms with E-state index in [1.54, 1.807) is 38.5 Å². The van der Waals surface area contributed by atoms with Gasteiger partial charge in [-0.1, -0.05) is 0 Å². The van der Waals surface area contributed by atoms with Crippen LogP contribution in [0.25, 0.3) is 0 Å². The van der Waals surface area contributed by atoms with E-state index in [9.17, 15) is 10.1 Å². The van der Waals surface area contributed by atoms with Gasteiger partial charge in [-0.2, -0.15) is 0 Å². The number of benzene rings is 1. The molecule has 1 heterocycles. The second-order valence-corrected chi connectivity index (χ2v) is 4.80. The Hall–Kier alpha value is -2.94. The van der Waals surface area contributed by atoms with Crippen LogP contribution >= 0.6 is 0 Å². The van der Waals surface area contributed by atoms with E-state index in [1.807, 2.05) is 0 Å². The molecule has 2 N–H and O–H groups in total. The highest BCUT2D eigenvalue weighted by atomic mass is 16.6. The van der Waals surface area contributed by atoms with Gasteiger partial charge in [0, 0.05) is 25.9 Å². The Morgan fingerprint density at radius 1 is 1.17 bits per heavy atom. The predicted octanol–water partition coefficient (Wildman–Crippen LogP) is 2.59. The molecule has 0 saturated heterocycles. The topological polar surface area (TPSA) is 111 Å². The monoisotopic (exact) mass is 333 g/mol. The van der Waals surface area contributed by atoms with Gasteiger partial charge in [0.05, 0.1) is 12.0 Å². The molecule has 1 aromatic carbocycles. The fraction of sp³-hybridized carbons (Fsp3) is 0.333. The molecule has 24 heavy (non-hydrogen) atoms. The molecule has 0 saturated carbocycles. The van der Waals surface area contributed by atoms with Crippen molar-refractivity contribution in [2.24, 2.45) is 0 Å². The fourth-order valence-electron chi connectivity index (χ4n) is 2.01. The lowest BCUT2D eigenvalue weighted by atomic mass is 10.3. The molecular formula is C15H19N5O4. The molecule has 2 rings (SSSR count). The summed E-state index contributed by atoms with van der Waals surface area (Å²) in [6, 6.07) is 6.99. The molecule has 0 bridgehead atoms. The minimum Gasteiger partial charge on any atom is -0.497 e.